The molecule has 0 unspecified atom stereocenters. The van der Waals surface area contributed by atoms with E-state index in [1.807, 2.05) is 55.6 Å². The summed E-state index contributed by atoms with van der Waals surface area (Å²) in [5.41, 5.74) is 1.07. The molecular formula is C16H14N2O. The van der Waals surface area contributed by atoms with Gasteiger partial charge in [-0.2, -0.15) is 0 Å². The molecular weight excluding hydrogens is 236 g/mol. The second kappa shape index (κ2) is 4.98. The molecule has 3 nitrogen and oxygen atoms in total. The first-order valence-electron chi connectivity index (χ1n) is 6.16. The Morgan fingerprint density at radius 2 is 1.84 bits per heavy atom. The van der Waals surface area contributed by atoms with Crippen molar-refractivity contribution < 1.29 is 4.74 Å². The van der Waals surface area contributed by atoms with Crippen molar-refractivity contribution >= 4 is 16.5 Å². The van der Waals surface area contributed by atoms with Crippen LogP contribution in [-0.2, 0) is 0 Å². The van der Waals surface area contributed by atoms with E-state index in [2.05, 4.69) is 16.4 Å². The van der Waals surface area contributed by atoms with Gasteiger partial charge in [-0.05, 0) is 41.8 Å². The molecule has 0 atom stereocenters. The fourth-order valence-electron chi connectivity index (χ4n) is 1.99. The summed E-state index contributed by atoms with van der Waals surface area (Å²) in [7, 11) is 1.91. The Hall–Kier alpha value is -2.55. The molecule has 2 aromatic carbocycles. The number of para-hydroxylation sites is 1. The number of fused-ring (bicyclic) bond motifs is 1. The largest absolute Gasteiger partial charge is 0.438 e. The Morgan fingerprint density at radius 1 is 1.00 bits per heavy atom. The van der Waals surface area contributed by atoms with Gasteiger partial charge in [0.25, 0.3) is 0 Å². The molecule has 0 aliphatic heterocycles. The summed E-state index contributed by atoms with van der Waals surface area (Å²) in [5, 5.41) is 5.24. The minimum absolute atomic E-state index is 0.631. The van der Waals surface area contributed by atoms with E-state index in [0.29, 0.717) is 5.88 Å². The summed E-state index contributed by atoms with van der Waals surface area (Å²) >= 11 is 0. The van der Waals surface area contributed by atoms with Crippen LogP contribution in [0.1, 0.15) is 0 Å². The average molecular weight is 250 g/mol. The van der Waals surface area contributed by atoms with E-state index in [4.69, 9.17) is 4.74 Å². The third-order valence-corrected chi connectivity index (χ3v) is 2.97. The van der Waals surface area contributed by atoms with Gasteiger partial charge in [-0.3, -0.25) is 0 Å². The number of pyridine rings is 1. The Labute approximate surface area is 111 Å². The fourth-order valence-corrected chi connectivity index (χ4v) is 1.99. The highest BCUT2D eigenvalue weighted by molar-refractivity contribution is 5.89. The minimum atomic E-state index is 0.631. The number of ether oxygens (including phenoxy) is 1. The molecule has 1 aromatic heterocycles. The van der Waals surface area contributed by atoms with Gasteiger partial charge in [0, 0.05) is 24.3 Å². The topological polar surface area (TPSA) is 34.1 Å². The standard InChI is InChI=1S/C16H14N2O/c1-17-13-7-8-15-12(11-13)9-10-18-16(15)19-14-5-3-2-4-6-14/h2-11,17H,1H3. The van der Waals surface area contributed by atoms with Crippen LogP contribution < -0.4 is 10.1 Å². The highest BCUT2D eigenvalue weighted by Gasteiger charge is 2.05. The summed E-state index contributed by atoms with van der Waals surface area (Å²) in [5.74, 6) is 1.42. The van der Waals surface area contributed by atoms with Crippen LogP contribution in [-0.4, -0.2) is 12.0 Å². The predicted octanol–water partition coefficient (Wildman–Crippen LogP) is 4.07. The van der Waals surface area contributed by atoms with Crippen LogP contribution in [0.25, 0.3) is 10.8 Å². The lowest BCUT2D eigenvalue weighted by molar-refractivity contribution is 0.469. The molecule has 0 amide bonds. The number of hydrogen-bond acceptors (Lipinski definition) is 3. The van der Waals surface area contributed by atoms with Crippen LogP contribution in [0.5, 0.6) is 11.6 Å². The molecule has 94 valence electrons. The molecule has 3 rings (SSSR count). The van der Waals surface area contributed by atoms with E-state index in [-0.39, 0.29) is 0 Å². The van der Waals surface area contributed by atoms with Crippen molar-refractivity contribution in [1.29, 1.82) is 0 Å². The normalized spacial score (nSPS) is 10.4. The SMILES string of the molecule is CNc1ccc2c(Oc3ccccc3)nccc2c1. The molecule has 0 aliphatic carbocycles. The first kappa shape index (κ1) is 11.5. The summed E-state index contributed by atoms with van der Waals surface area (Å²) < 4.78 is 5.83. The average Bonchev–Trinajstić information content (AvgIpc) is 2.48. The van der Waals surface area contributed by atoms with Crippen LogP contribution in [0.3, 0.4) is 0 Å². The molecule has 0 saturated carbocycles. The van der Waals surface area contributed by atoms with Gasteiger partial charge in [0.05, 0.1) is 0 Å². The van der Waals surface area contributed by atoms with Gasteiger partial charge in [0.2, 0.25) is 5.88 Å². The number of rotatable bonds is 3. The van der Waals surface area contributed by atoms with Crippen molar-refractivity contribution in [2.24, 2.45) is 0 Å². The third kappa shape index (κ3) is 2.36. The molecule has 0 bridgehead atoms. The monoisotopic (exact) mass is 250 g/mol. The molecule has 0 radical (unpaired) electrons. The first-order chi connectivity index (χ1) is 9.36. The second-order valence-electron chi connectivity index (χ2n) is 4.22. The predicted molar refractivity (Wildman–Crippen MR) is 77.8 cm³/mol. The third-order valence-electron chi connectivity index (χ3n) is 2.97. The maximum atomic E-state index is 5.83. The van der Waals surface area contributed by atoms with Gasteiger partial charge in [0.15, 0.2) is 0 Å². The van der Waals surface area contributed by atoms with Gasteiger partial charge in [-0.1, -0.05) is 18.2 Å². The molecule has 19 heavy (non-hydrogen) atoms. The second-order valence-corrected chi connectivity index (χ2v) is 4.22. The van der Waals surface area contributed by atoms with Crippen molar-refractivity contribution in [1.82, 2.24) is 4.98 Å². The maximum absolute atomic E-state index is 5.83. The summed E-state index contributed by atoms with van der Waals surface area (Å²) in [6, 6.07) is 17.8. The highest BCUT2D eigenvalue weighted by Crippen LogP contribution is 2.29. The zero-order valence-corrected chi connectivity index (χ0v) is 10.6. The van der Waals surface area contributed by atoms with E-state index in [9.17, 15) is 0 Å². The molecule has 0 saturated heterocycles. The minimum Gasteiger partial charge on any atom is -0.438 e. The maximum Gasteiger partial charge on any atom is 0.227 e. The van der Waals surface area contributed by atoms with E-state index < -0.39 is 0 Å². The van der Waals surface area contributed by atoms with Crippen LogP contribution >= 0.6 is 0 Å². The molecule has 0 spiro atoms. The summed E-state index contributed by atoms with van der Waals surface area (Å²) in [4.78, 5) is 4.32. The van der Waals surface area contributed by atoms with Crippen molar-refractivity contribution in [3.63, 3.8) is 0 Å². The summed E-state index contributed by atoms with van der Waals surface area (Å²) in [6.07, 6.45) is 1.76. The number of nitrogens with one attached hydrogen (secondary N) is 1. The molecule has 3 heteroatoms. The van der Waals surface area contributed by atoms with Gasteiger partial charge in [0.1, 0.15) is 5.75 Å². The number of hydrogen-bond donors (Lipinski definition) is 1. The molecule has 3 aromatic rings. The van der Waals surface area contributed by atoms with Crippen molar-refractivity contribution in [2.45, 2.75) is 0 Å². The van der Waals surface area contributed by atoms with Crippen LogP contribution in [0, 0.1) is 0 Å². The Morgan fingerprint density at radius 3 is 2.63 bits per heavy atom. The first-order valence-corrected chi connectivity index (χ1v) is 6.16. The van der Waals surface area contributed by atoms with Crippen LogP contribution in [0.4, 0.5) is 5.69 Å². The number of anilines is 1. The van der Waals surface area contributed by atoms with Crippen LogP contribution in [0.15, 0.2) is 60.8 Å². The Kier molecular flexibility index (Phi) is 3.02. The lowest BCUT2D eigenvalue weighted by atomic mass is 10.1. The smallest absolute Gasteiger partial charge is 0.227 e. The lowest BCUT2D eigenvalue weighted by Gasteiger charge is -2.08. The van der Waals surface area contributed by atoms with Crippen LogP contribution in [0.2, 0.25) is 0 Å². The zero-order chi connectivity index (χ0) is 13.1. The van der Waals surface area contributed by atoms with E-state index in [1.165, 1.54) is 0 Å². The number of aromatic nitrogens is 1. The van der Waals surface area contributed by atoms with E-state index in [1.54, 1.807) is 6.20 Å². The quantitative estimate of drug-likeness (QED) is 0.760. The van der Waals surface area contributed by atoms with Gasteiger partial charge in [-0.15, -0.1) is 0 Å². The number of nitrogens with zero attached hydrogens (tertiary/aromatic N) is 1. The Balaban J connectivity index is 2.04. The van der Waals surface area contributed by atoms with Crippen molar-refractivity contribution in [3.8, 4) is 11.6 Å². The Bertz CT molecular complexity index is 695. The van der Waals surface area contributed by atoms with Crippen molar-refractivity contribution in [2.75, 3.05) is 12.4 Å². The summed E-state index contributed by atoms with van der Waals surface area (Å²) in [6.45, 7) is 0. The molecule has 0 fully saturated rings. The highest BCUT2D eigenvalue weighted by atomic mass is 16.5. The molecule has 1 heterocycles. The van der Waals surface area contributed by atoms with Gasteiger partial charge < -0.3 is 10.1 Å². The van der Waals surface area contributed by atoms with E-state index >= 15 is 0 Å². The lowest BCUT2D eigenvalue weighted by Crippen LogP contribution is -1.91. The van der Waals surface area contributed by atoms with Crippen molar-refractivity contribution in [3.05, 3.63) is 60.8 Å². The molecule has 0 aliphatic rings. The van der Waals surface area contributed by atoms with Gasteiger partial charge >= 0.3 is 0 Å². The molecule has 1 N–H and O–H groups in total. The fraction of sp³-hybridized carbons (Fsp3) is 0.0625. The number of benzene rings is 2. The van der Waals surface area contributed by atoms with E-state index in [0.717, 1.165) is 22.2 Å². The van der Waals surface area contributed by atoms with Gasteiger partial charge in [-0.25, -0.2) is 4.98 Å². The zero-order valence-electron chi connectivity index (χ0n) is 10.6.